The Bertz CT molecular complexity index is 1460. The third-order valence-electron chi connectivity index (χ3n) is 14.6. The second kappa shape index (κ2) is 21.3. The maximum Gasteiger partial charge on any atom is 0.192 e. The number of alkyl halides is 1. The maximum absolute atomic E-state index is 12.8. The van der Waals surface area contributed by atoms with Crippen LogP contribution < -0.4 is 0 Å². The third kappa shape index (κ3) is 13.2. The van der Waals surface area contributed by atoms with Gasteiger partial charge in [0.05, 0.1) is 38.6 Å². The van der Waals surface area contributed by atoms with E-state index in [0.717, 1.165) is 81.9 Å². The second-order valence-corrected chi connectivity index (χ2v) is 31.1. The van der Waals surface area contributed by atoms with E-state index in [1.807, 2.05) is 19.9 Å². The number of hydrogen-bond acceptors (Lipinski definition) is 10. The van der Waals surface area contributed by atoms with Crippen molar-refractivity contribution in [3.63, 3.8) is 0 Å². The highest BCUT2D eigenvalue weighted by Crippen LogP contribution is 2.55. The predicted octanol–water partition coefficient (Wildman–Crippen LogP) is 11.5. The SMILES string of the molecule is CC(C)(C)[Si](C)(C)O[C@H]1CCC2=CC(=O)CC[C@@]21C.CC1(CCBr)OCCO1.CC1(CCC2=C3CC[C@H](O[Si](C)(C)C(C)(C)C)[C@@]3(C)CCC2=O)OCCO1.S.S=S. The molecule has 0 aromatic carbocycles. The smallest absolute Gasteiger partial charge is 0.192 e. The van der Waals surface area contributed by atoms with Crippen LogP contribution in [0.1, 0.15) is 140 Å². The van der Waals surface area contributed by atoms with Crippen LogP contribution in [-0.2, 0) is 59.8 Å². The Morgan fingerprint density at radius 3 is 1.60 bits per heavy atom. The summed E-state index contributed by atoms with van der Waals surface area (Å²) in [5.74, 6) is -0.196. The van der Waals surface area contributed by atoms with Gasteiger partial charge in [0.15, 0.2) is 39.8 Å². The summed E-state index contributed by atoms with van der Waals surface area (Å²) < 4.78 is 35.7. The highest BCUT2D eigenvalue weighted by atomic mass is 79.9. The van der Waals surface area contributed by atoms with Gasteiger partial charge in [0.25, 0.3) is 0 Å². The van der Waals surface area contributed by atoms with Crippen LogP contribution in [0.3, 0.4) is 0 Å². The lowest BCUT2D eigenvalue weighted by atomic mass is 9.70. The summed E-state index contributed by atoms with van der Waals surface area (Å²) in [5, 5.41) is 1.39. The Morgan fingerprint density at radius 1 is 0.707 bits per heavy atom. The van der Waals surface area contributed by atoms with Gasteiger partial charge in [-0.25, -0.2) is 0 Å². The van der Waals surface area contributed by atoms with Crippen LogP contribution in [0.4, 0.5) is 0 Å². The molecule has 58 heavy (non-hydrogen) atoms. The van der Waals surface area contributed by atoms with Gasteiger partial charge >= 0.3 is 0 Å². The summed E-state index contributed by atoms with van der Waals surface area (Å²) in [7, 11) is -3.55. The lowest BCUT2D eigenvalue weighted by Crippen LogP contribution is -2.47. The van der Waals surface area contributed by atoms with Crippen molar-refractivity contribution in [1.29, 1.82) is 0 Å². The van der Waals surface area contributed by atoms with Gasteiger partial charge in [-0.05, 0) is 107 Å². The van der Waals surface area contributed by atoms with E-state index in [-0.39, 0.29) is 46.3 Å². The fourth-order valence-electron chi connectivity index (χ4n) is 8.54. The largest absolute Gasteiger partial charge is 0.413 e. The maximum atomic E-state index is 12.8. The van der Waals surface area contributed by atoms with Crippen molar-refractivity contribution >= 4 is 80.0 Å². The lowest BCUT2D eigenvalue weighted by Gasteiger charge is -2.44. The molecule has 8 nitrogen and oxygen atoms in total. The van der Waals surface area contributed by atoms with Gasteiger partial charge < -0.3 is 27.8 Å². The van der Waals surface area contributed by atoms with Crippen LogP contribution in [0.5, 0.6) is 0 Å². The number of halogens is 1. The standard InChI is InChI=1S/C22H38O4Si.C16H28O2Si.C6H11BrO2.S2.H2S/c1-20(2,3)27(6,7)26-19-9-8-17-16(18(23)11-12-21(17,19)4)10-13-22(5)24-14-15-25-22;1-15(2,3)19(5,6)18-14-8-7-12-11-13(17)9-10-16(12,14)4;1-6(2-3-7)8-4-5-9-6;1-2;/h19H,8-15H2,1-7H3;11,14H,7-10H2,1-6H3;2-5H2,1H3;;1H2/t19-,21-;14-,16-;;;/m00.../s1. The van der Waals surface area contributed by atoms with Crippen LogP contribution in [0.2, 0.25) is 36.3 Å². The van der Waals surface area contributed by atoms with Crippen molar-refractivity contribution in [2.45, 2.75) is 200 Å². The number of ether oxygens (including phenoxy) is 4. The van der Waals surface area contributed by atoms with E-state index in [1.165, 1.54) is 11.1 Å². The average molecular weight is 968 g/mol. The van der Waals surface area contributed by atoms with Crippen LogP contribution in [0.25, 0.3) is 0 Å². The van der Waals surface area contributed by atoms with E-state index in [1.54, 1.807) is 0 Å². The third-order valence-corrected chi connectivity index (χ3v) is 24.0. The number of Topliss-reactive ketones (excluding diaryl/α,β-unsaturated/α-hetero) is 1. The monoisotopic (exact) mass is 966 g/mol. The average Bonchev–Trinajstić information content (AvgIpc) is 3.89. The molecule has 4 atom stereocenters. The summed E-state index contributed by atoms with van der Waals surface area (Å²) in [6.07, 6.45) is 12.3. The molecule has 0 spiro atoms. The minimum Gasteiger partial charge on any atom is -0.413 e. The zero-order valence-corrected chi connectivity index (χ0v) is 44.7. The van der Waals surface area contributed by atoms with Crippen molar-refractivity contribution in [2.75, 3.05) is 31.8 Å². The molecule has 2 aliphatic heterocycles. The van der Waals surface area contributed by atoms with Crippen LogP contribution in [-0.4, -0.2) is 83.7 Å². The van der Waals surface area contributed by atoms with Gasteiger partial charge in [-0.3, -0.25) is 9.59 Å². The van der Waals surface area contributed by atoms with Crippen molar-refractivity contribution in [1.82, 2.24) is 0 Å². The van der Waals surface area contributed by atoms with E-state index in [9.17, 15) is 9.59 Å². The molecule has 6 aliphatic rings. The molecule has 14 heteroatoms. The molecule has 0 unspecified atom stereocenters. The zero-order chi connectivity index (χ0) is 43.3. The summed E-state index contributed by atoms with van der Waals surface area (Å²) in [6, 6.07) is 0. The molecule has 0 aromatic rings. The normalized spacial score (nSPS) is 29.1. The van der Waals surface area contributed by atoms with Crippen molar-refractivity contribution < 1.29 is 37.4 Å². The van der Waals surface area contributed by atoms with Crippen LogP contribution in [0, 0.1) is 10.8 Å². The minimum absolute atomic E-state index is 0. The van der Waals surface area contributed by atoms with Gasteiger partial charge in [-0.15, -0.1) is 0 Å². The van der Waals surface area contributed by atoms with E-state index >= 15 is 0 Å². The predicted molar refractivity (Wildman–Crippen MR) is 256 cm³/mol. The summed E-state index contributed by atoms with van der Waals surface area (Å²) in [5.41, 5.74) is 3.88. The van der Waals surface area contributed by atoms with E-state index in [0.29, 0.717) is 43.7 Å². The van der Waals surface area contributed by atoms with E-state index in [2.05, 4.69) is 120 Å². The Labute approximate surface area is 380 Å². The molecule has 4 fully saturated rings. The summed E-state index contributed by atoms with van der Waals surface area (Å²) in [4.78, 5) is 24.4. The second-order valence-electron chi connectivity index (χ2n) is 20.8. The highest BCUT2D eigenvalue weighted by Gasteiger charge is 2.52. The number of carbonyl (C=O) groups is 2. The number of carbonyl (C=O) groups excluding carboxylic acids is 2. The number of hydrogen-bond donors (Lipinski definition) is 0. The first-order valence-electron chi connectivity index (χ1n) is 21.3. The molecule has 4 aliphatic carbocycles. The fourth-order valence-corrected chi connectivity index (χ4v) is 12.1. The number of fused-ring (bicyclic) bond motifs is 2. The molecule has 2 saturated carbocycles. The Morgan fingerprint density at radius 2 is 1.14 bits per heavy atom. The van der Waals surface area contributed by atoms with Crippen molar-refractivity contribution in [3.8, 4) is 0 Å². The highest BCUT2D eigenvalue weighted by molar-refractivity contribution is 9.09. The van der Waals surface area contributed by atoms with Crippen molar-refractivity contribution in [3.05, 3.63) is 22.8 Å². The van der Waals surface area contributed by atoms with Crippen LogP contribution in [0.15, 0.2) is 22.8 Å². The topological polar surface area (TPSA) is 89.5 Å². The van der Waals surface area contributed by atoms with E-state index < -0.39 is 22.4 Å². The molecule has 336 valence electrons. The van der Waals surface area contributed by atoms with Gasteiger partial charge in [-0.1, -0.05) is 82.5 Å². The molecule has 2 saturated heterocycles. The Balaban J connectivity index is 0.000000324. The number of allylic oxidation sites excluding steroid dienone is 2. The quantitative estimate of drug-likeness (QED) is 0.164. The number of rotatable bonds is 9. The summed E-state index contributed by atoms with van der Waals surface area (Å²) in [6.45, 7) is 34.5. The first-order valence-corrected chi connectivity index (χ1v) is 29.6. The molecule has 0 aromatic heterocycles. The fraction of sp³-hybridized carbons (Fsp3) is 0.864. The van der Waals surface area contributed by atoms with E-state index in [4.69, 9.17) is 27.8 Å². The molecule has 0 N–H and O–H groups in total. The van der Waals surface area contributed by atoms with Gasteiger partial charge in [0.1, 0.15) is 0 Å². The summed E-state index contributed by atoms with van der Waals surface area (Å²) >= 11 is 10.7. The Hall–Kier alpha value is 0.284. The zero-order valence-electron chi connectivity index (χ0n) is 38.5. The molecular formula is C44H79BrO8S3Si2. The molecule has 2 heterocycles. The lowest BCUT2D eigenvalue weighted by molar-refractivity contribution is -0.146. The van der Waals surface area contributed by atoms with Gasteiger partial charge in [0.2, 0.25) is 0 Å². The van der Waals surface area contributed by atoms with Gasteiger partial charge in [0, 0.05) is 64.2 Å². The molecule has 0 radical (unpaired) electrons. The Kier molecular flexibility index (Phi) is 20.0. The van der Waals surface area contributed by atoms with Crippen molar-refractivity contribution in [2.24, 2.45) is 10.8 Å². The first-order chi connectivity index (χ1) is 26.2. The first kappa shape index (κ1) is 54.4. The molecule has 0 amide bonds. The molecular weight excluding hydrogens is 889 g/mol. The number of ketones is 2. The van der Waals surface area contributed by atoms with Gasteiger partial charge in [-0.2, -0.15) is 13.5 Å². The molecule has 6 rings (SSSR count). The minimum atomic E-state index is -1.83. The van der Waals surface area contributed by atoms with Crippen LogP contribution >= 0.6 is 29.4 Å². The molecule has 0 bridgehead atoms.